The fourth-order valence-corrected chi connectivity index (χ4v) is 3.85. The summed E-state index contributed by atoms with van der Waals surface area (Å²) in [4.78, 5) is 24.2. The Morgan fingerprint density at radius 2 is 1.61 bits per heavy atom. The van der Waals surface area contributed by atoms with Gasteiger partial charge in [0.1, 0.15) is 24.5 Å². The molecule has 0 bridgehead atoms. The Balaban J connectivity index is 1.65. The number of rotatable bonds is 7. The number of methoxy groups -OCH3 is 1. The summed E-state index contributed by atoms with van der Waals surface area (Å²) in [6, 6.07) is 11.4. The highest BCUT2D eigenvalue weighted by Gasteiger charge is 2.26. The molecule has 2 aromatic rings. The second kappa shape index (κ2) is 10.4. The molecular formula is C24H25BrN2O5S. The second-order valence-electron chi connectivity index (χ2n) is 8.30. The fraction of sp³-hybridized carbons (Fsp3) is 0.292. The van der Waals surface area contributed by atoms with Crippen molar-refractivity contribution < 1.29 is 23.8 Å². The molecule has 1 aliphatic rings. The standard InChI is InChI=1S/C24H25BrN2O5S/c1-24(2,3)15-5-7-16(8-6-15)31-9-10-32-20-18(25)12-14(13-19(20)30-4)11-17-21(28)26-23(33)27-22(17)29/h5-8,11-13H,9-10H2,1-4H3,(H2,26,27,28,29,33). The van der Waals surface area contributed by atoms with Crippen LogP contribution in [-0.2, 0) is 15.0 Å². The Morgan fingerprint density at radius 3 is 2.18 bits per heavy atom. The molecule has 0 saturated carbocycles. The molecule has 2 amide bonds. The van der Waals surface area contributed by atoms with Crippen molar-refractivity contribution in [2.75, 3.05) is 20.3 Å². The lowest BCUT2D eigenvalue weighted by atomic mass is 9.87. The number of halogens is 1. The minimum atomic E-state index is -0.563. The number of ether oxygens (including phenoxy) is 3. The first-order chi connectivity index (χ1) is 15.6. The van der Waals surface area contributed by atoms with Crippen LogP contribution in [0, 0.1) is 0 Å². The van der Waals surface area contributed by atoms with E-state index in [4.69, 9.17) is 26.4 Å². The van der Waals surface area contributed by atoms with E-state index in [9.17, 15) is 9.59 Å². The molecule has 1 fully saturated rings. The zero-order chi connectivity index (χ0) is 24.2. The molecule has 2 N–H and O–H groups in total. The monoisotopic (exact) mass is 532 g/mol. The number of hydrogen-bond acceptors (Lipinski definition) is 6. The topological polar surface area (TPSA) is 85.9 Å². The number of hydrogen-bond donors (Lipinski definition) is 2. The Hall–Kier alpha value is -2.91. The van der Waals surface area contributed by atoms with E-state index in [-0.39, 0.29) is 16.1 Å². The van der Waals surface area contributed by atoms with Gasteiger partial charge in [0.25, 0.3) is 11.8 Å². The number of carbonyl (C=O) groups is 2. The van der Waals surface area contributed by atoms with Crippen molar-refractivity contribution in [3.8, 4) is 17.2 Å². The first-order valence-electron chi connectivity index (χ1n) is 10.2. The third kappa shape index (κ3) is 6.33. The molecule has 1 heterocycles. The van der Waals surface area contributed by atoms with Crippen LogP contribution in [0.25, 0.3) is 6.08 Å². The molecule has 174 valence electrons. The SMILES string of the molecule is COc1cc(C=C2C(=O)NC(=S)NC2=O)cc(Br)c1OCCOc1ccc(C(C)(C)C)cc1. The number of thiocarbonyl (C=S) groups is 1. The Labute approximate surface area is 206 Å². The lowest BCUT2D eigenvalue weighted by Crippen LogP contribution is -2.51. The van der Waals surface area contributed by atoms with Crippen LogP contribution in [0.3, 0.4) is 0 Å². The maximum atomic E-state index is 12.1. The molecular weight excluding hydrogens is 508 g/mol. The quantitative estimate of drug-likeness (QED) is 0.241. The van der Waals surface area contributed by atoms with Gasteiger partial charge in [-0.05, 0) is 75.0 Å². The van der Waals surface area contributed by atoms with Crippen molar-refractivity contribution in [1.82, 2.24) is 10.6 Å². The van der Waals surface area contributed by atoms with Crippen LogP contribution in [0.2, 0.25) is 0 Å². The van der Waals surface area contributed by atoms with Crippen LogP contribution >= 0.6 is 28.1 Å². The third-order valence-corrected chi connectivity index (χ3v) is 5.62. The fourth-order valence-electron chi connectivity index (χ4n) is 3.09. The highest BCUT2D eigenvalue weighted by atomic mass is 79.9. The average Bonchev–Trinajstić information content (AvgIpc) is 2.74. The van der Waals surface area contributed by atoms with Crippen molar-refractivity contribution in [2.24, 2.45) is 0 Å². The van der Waals surface area contributed by atoms with Gasteiger partial charge in [0.05, 0.1) is 11.6 Å². The predicted octanol–water partition coefficient (Wildman–Crippen LogP) is 4.13. The minimum absolute atomic E-state index is 0.0166. The molecule has 2 aromatic carbocycles. The lowest BCUT2D eigenvalue weighted by Gasteiger charge is -2.19. The summed E-state index contributed by atoms with van der Waals surface area (Å²) in [5.41, 5.74) is 1.84. The van der Waals surface area contributed by atoms with Gasteiger partial charge < -0.3 is 14.2 Å². The summed E-state index contributed by atoms with van der Waals surface area (Å²) >= 11 is 8.28. The summed E-state index contributed by atoms with van der Waals surface area (Å²) in [6.07, 6.45) is 1.45. The van der Waals surface area contributed by atoms with Gasteiger partial charge >= 0.3 is 0 Å². The van der Waals surface area contributed by atoms with Crippen molar-refractivity contribution in [2.45, 2.75) is 26.2 Å². The van der Waals surface area contributed by atoms with Gasteiger partial charge in [-0.25, -0.2) is 0 Å². The van der Waals surface area contributed by atoms with Gasteiger partial charge in [0.2, 0.25) is 0 Å². The van der Waals surface area contributed by atoms with Gasteiger partial charge in [-0.15, -0.1) is 0 Å². The van der Waals surface area contributed by atoms with E-state index in [1.54, 1.807) is 12.1 Å². The van der Waals surface area contributed by atoms with Gasteiger partial charge in [0.15, 0.2) is 16.6 Å². The second-order valence-corrected chi connectivity index (χ2v) is 9.56. The van der Waals surface area contributed by atoms with Gasteiger partial charge in [-0.3, -0.25) is 20.2 Å². The van der Waals surface area contributed by atoms with Crippen molar-refractivity contribution >= 4 is 51.2 Å². The molecule has 0 aliphatic carbocycles. The van der Waals surface area contributed by atoms with Crippen LogP contribution in [0.5, 0.6) is 17.2 Å². The van der Waals surface area contributed by atoms with E-state index in [1.165, 1.54) is 18.7 Å². The first kappa shape index (κ1) is 24.7. The van der Waals surface area contributed by atoms with Crippen LogP contribution in [-0.4, -0.2) is 37.3 Å². The lowest BCUT2D eigenvalue weighted by molar-refractivity contribution is -0.123. The number of nitrogens with one attached hydrogen (secondary N) is 2. The minimum Gasteiger partial charge on any atom is -0.493 e. The molecule has 0 spiro atoms. The summed E-state index contributed by atoms with van der Waals surface area (Å²) in [5.74, 6) is 0.574. The Kier molecular flexibility index (Phi) is 7.76. The predicted molar refractivity (Wildman–Crippen MR) is 134 cm³/mol. The van der Waals surface area contributed by atoms with Crippen molar-refractivity contribution in [3.63, 3.8) is 0 Å². The highest BCUT2D eigenvalue weighted by molar-refractivity contribution is 9.10. The van der Waals surface area contributed by atoms with E-state index in [0.717, 1.165) is 5.75 Å². The van der Waals surface area contributed by atoms with E-state index in [0.29, 0.717) is 34.7 Å². The molecule has 9 heteroatoms. The van der Waals surface area contributed by atoms with Gasteiger partial charge in [0, 0.05) is 0 Å². The molecule has 0 radical (unpaired) electrons. The van der Waals surface area contributed by atoms with Crippen LogP contribution < -0.4 is 24.8 Å². The Morgan fingerprint density at radius 1 is 1.00 bits per heavy atom. The zero-order valence-electron chi connectivity index (χ0n) is 18.8. The largest absolute Gasteiger partial charge is 0.493 e. The normalized spacial score (nSPS) is 13.8. The van der Waals surface area contributed by atoms with E-state index in [2.05, 4.69) is 59.5 Å². The maximum Gasteiger partial charge on any atom is 0.263 e. The average molecular weight is 533 g/mol. The molecule has 0 aromatic heterocycles. The molecule has 1 aliphatic heterocycles. The number of amides is 2. The molecule has 3 rings (SSSR count). The number of benzene rings is 2. The van der Waals surface area contributed by atoms with E-state index in [1.807, 2.05) is 12.1 Å². The van der Waals surface area contributed by atoms with Crippen molar-refractivity contribution in [3.05, 3.63) is 57.6 Å². The highest BCUT2D eigenvalue weighted by Crippen LogP contribution is 2.37. The molecule has 1 saturated heterocycles. The first-order valence-corrected chi connectivity index (χ1v) is 11.4. The zero-order valence-corrected chi connectivity index (χ0v) is 21.2. The third-order valence-electron chi connectivity index (χ3n) is 4.82. The summed E-state index contributed by atoms with van der Waals surface area (Å²) in [7, 11) is 1.51. The van der Waals surface area contributed by atoms with Crippen LogP contribution in [0.4, 0.5) is 0 Å². The van der Waals surface area contributed by atoms with Crippen LogP contribution in [0.1, 0.15) is 31.9 Å². The molecule has 7 nitrogen and oxygen atoms in total. The summed E-state index contributed by atoms with van der Waals surface area (Å²) in [5, 5.41) is 4.79. The molecule has 0 unspecified atom stereocenters. The van der Waals surface area contributed by atoms with E-state index >= 15 is 0 Å². The molecule has 33 heavy (non-hydrogen) atoms. The summed E-state index contributed by atoms with van der Waals surface area (Å²) < 4.78 is 17.7. The van der Waals surface area contributed by atoms with Crippen LogP contribution in [0.15, 0.2) is 46.4 Å². The van der Waals surface area contributed by atoms with Gasteiger partial charge in [-0.2, -0.15) is 0 Å². The van der Waals surface area contributed by atoms with E-state index < -0.39 is 11.8 Å². The van der Waals surface area contributed by atoms with Crippen molar-refractivity contribution in [1.29, 1.82) is 0 Å². The maximum absolute atomic E-state index is 12.1. The van der Waals surface area contributed by atoms with Gasteiger partial charge in [-0.1, -0.05) is 32.9 Å². The number of carbonyl (C=O) groups excluding carboxylic acids is 2. The smallest absolute Gasteiger partial charge is 0.263 e. The summed E-state index contributed by atoms with van der Waals surface area (Å²) in [6.45, 7) is 7.13. The Bertz CT molecular complexity index is 1090. The molecule has 0 atom stereocenters.